The SMILES string of the molecule is COc1ccccc1Oc1ccc(N(Cc2ccc(Cl)nc2)S(=O)(=O)CC(F)(F)F)cc1. The highest BCUT2D eigenvalue weighted by molar-refractivity contribution is 7.92. The molecule has 6 nitrogen and oxygen atoms in total. The molecule has 0 amide bonds. The molecule has 0 N–H and O–H groups in total. The molecular weight excluding hydrogens is 469 g/mol. The number of ether oxygens (including phenoxy) is 2. The van der Waals surface area contributed by atoms with Crippen LogP contribution in [0.2, 0.25) is 5.15 Å². The highest BCUT2D eigenvalue weighted by Gasteiger charge is 2.38. The lowest BCUT2D eigenvalue weighted by molar-refractivity contribution is -0.106. The van der Waals surface area contributed by atoms with Crippen LogP contribution in [0.4, 0.5) is 18.9 Å². The summed E-state index contributed by atoms with van der Waals surface area (Å²) in [5.41, 5.74) is 0.408. The van der Waals surface area contributed by atoms with Crippen LogP contribution in [0.15, 0.2) is 66.9 Å². The van der Waals surface area contributed by atoms with E-state index in [4.69, 9.17) is 21.1 Å². The highest BCUT2D eigenvalue weighted by atomic mass is 35.5. The first kappa shape index (κ1) is 23.7. The Hall–Kier alpha value is -2.98. The average molecular weight is 487 g/mol. The van der Waals surface area contributed by atoms with Crippen LogP contribution < -0.4 is 13.8 Å². The first-order valence-electron chi connectivity index (χ1n) is 9.16. The van der Waals surface area contributed by atoms with E-state index in [2.05, 4.69) is 4.98 Å². The molecule has 0 atom stereocenters. The molecule has 0 radical (unpaired) electrons. The van der Waals surface area contributed by atoms with Gasteiger partial charge in [0.1, 0.15) is 10.9 Å². The number of rotatable bonds is 8. The Morgan fingerprint density at radius 2 is 1.66 bits per heavy atom. The van der Waals surface area contributed by atoms with Gasteiger partial charge in [-0.1, -0.05) is 29.8 Å². The quantitative estimate of drug-likeness (QED) is 0.397. The van der Waals surface area contributed by atoms with Gasteiger partial charge in [0, 0.05) is 6.20 Å². The maximum absolute atomic E-state index is 12.9. The van der Waals surface area contributed by atoms with E-state index in [9.17, 15) is 21.6 Å². The minimum absolute atomic E-state index is 0.0385. The minimum atomic E-state index is -4.90. The predicted octanol–water partition coefficient (Wildman–Crippen LogP) is 5.43. The Labute approximate surface area is 188 Å². The summed E-state index contributed by atoms with van der Waals surface area (Å²) in [4.78, 5) is 3.85. The Balaban J connectivity index is 1.91. The molecule has 0 unspecified atom stereocenters. The van der Waals surface area contributed by atoms with Crippen molar-refractivity contribution < 1.29 is 31.1 Å². The van der Waals surface area contributed by atoms with Crippen molar-refractivity contribution in [2.45, 2.75) is 12.7 Å². The zero-order chi connectivity index (χ0) is 23.4. The van der Waals surface area contributed by atoms with Gasteiger partial charge in [-0.05, 0) is 48.0 Å². The van der Waals surface area contributed by atoms with Crippen LogP contribution in [0, 0.1) is 0 Å². The van der Waals surface area contributed by atoms with Gasteiger partial charge in [0.15, 0.2) is 17.3 Å². The van der Waals surface area contributed by atoms with Gasteiger partial charge in [-0.2, -0.15) is 13.2 Å². The van der Waals surface area contributed by atoms with E-state index in [1.165, 1.54) is 49.7 Å². The number of aromatic nitrogens is 1. The number of pyridine rings is 1. The van der Waals surface area contributed by atoms with Gasteiger partial charge in [-0.25, -0.2) is 13.4 Å². The molecule has 11 heteroatoms. The number of methoxy groups -OCH3 is 1. The van der Waals surface area contributed by atoms with Gasteiger partial charge in [-0.3, -0.25) is 4.31 Å². The van der Waals surface area contributed by atoms with Gasteiger partial charge in [0.05, 0.1) is 19.3 Å². The number of sulfonamides is 1. The lowest BCUT2D eigenvalue weighted by Gasteiger charge is -2.25. The third kappa shape index (κ3) is 6.27. The smallest absolute Gasteiger partial charge is 0.404 e. The molecule has 2 aromatic carbocycles. The van der Waals surface area contributed by atoms with Crippen molar-refractivity contribution in [2.24, 2.45) is 0 Å². The topological polar surface area (TPSA) is 68.7 Å². The summed E-state index contributed by atoms with van der Waals surface area (Å²) in [5, 5.41) is 0.177. The van der Waals surface area contributed by atoms with Gasteiger partial charge >= 0.3 is 6.18 Å². The minimum Gasteiger partial charge on any atom is -0.493 e. The first-order chi connectivity index (χ1) is 15.1. The predicted molar refractivity (Wildman–Crippen MR) is 115 cm³/mol. The summed E-state index contributed by atoms with van der Waals surface area (Å²) < 4.78 is 75.6. The molecule has 0 aliphatic heterocycles. The first-order valence-corrected chi connectivity index (χ1v) is 11.1. The molecule has 0 saturated heterocycles. The number of hydrogen-bond donors (Lipinski definition) is 0. The molecule has 3 aromatic rings. The number of nitrogens with zero attached hydrogens (tertiary/aromatic N) is 2. The number of para-hydroxylation sites is 2. The summed E-state index contributed by atoms with van der Waals surface area (Å²) >= 11 is 5.73. The van der Waals surface area contributed by atoms with Crippen LogP contribution in [0.5, 0.6) is 17.2 Å². The van der Waals surface area contributed by atoms with E-state index in [0.29, 0.717) is 27.1 Å². The molecule has 0 saturated carbocycles. The second-order valence-corrected chi connectivity index (χ2v) is 8.89. The number of halogens is 4. The average Bonchev–Trinajstić information content (AvgIpc) is 2.72. The zero-order valence-corrected chi connectivity index (χ0v) is 18.3. The van der Waals surface area contributed by atoms with Gasteiger partial charge in [0.25, 0.3) is 0 Å². The van der Waals surface area contributed by atoms with Crippen LogP contribution in [-0.4, -0.2) is 32.4 Å². The fourth-order valence-corrected chi connectivity index (χ4v) is 4.28. The lowest BCUT2D eigenvalue weighted by Crippen LogP contribution is -2.37. The van der Waals surface area contributed by atoms with Crippen LogP contribution in [0.1, 0.15) is 5.56 Å². The third-order valence-electron chi connectivity index (χ3n) is 4.22. The fraction of sp³-hybridized carbons (Fsp3) is 0.190. The summed E-state index contributed by atoms with van der Waals surface area (Å²) in [7, 11) is -3.25. The van der Waals surface area contributed by atoms with Crippen LogP contribution in [0.25, 0.3) is 0 Å². The van der Waals surface area contributed by atoms with E-state index < -0.39 is 22.0 Å². The number of benzene rings is 2. The molecule has 170 valence electrons. The summed E-state index contributed by atoms with van der Waals surface area (Å²) in [6.45, 7) is -0.352. The van der Waals surface area contributed by atoms with E-state index >= 15 is 0 Å². The Morgan fingerprint density at radius 3 is 2.22 bits per heavy atom. The van der Waals surface area contributed by atoms with Gasteiger partial charge in [-0.15, -0.1) is 0 Å². The molecule has 0 bridgehead atoms. The van der Waals surface area contributed by atoms with Crippen molar-refractivity contribution in [3.05, 3.63) is 77.6 Å². The van der Waals surface area contributed by atoms with Crippen molar-refractivity contribution in [3.8, 4) is 17.2 Å². The van der Waals surface area contributed by atoms with Crippen molar-refractivity contribution in [2.75, 3.05) is 17.2 Å². The maximum Gasteiger partial charge on any atom is 0.404 e. The summed E-state index contributed by atoms with van der Waals surface area (Å²) in [6, 6.07) is 15.5. The molecular formula is C21H18ClF3N2O4S. The zero-order valence-electron chi connectivity index (χ0n) is 16.7. The summed E-state index contributed by atoms with van der Waals surface area (Å²) in [5.74, 6) is -0.738. The highest BCUT2D eigenvalue weighted by Crippen LogP contribution is 2.33. The molecule has 1 aromatic heterocycles. The Morgan fingerprint density at radius 1 is 1.00 bits per heavy atom. The van der Waals surface area contributed by atoms with E-state index in [1.54, 1.807) is 24.3 Å². The number of anilines is 1. The lowest BCUT2D eigenvalue weighted by atomic mass is 10.2. The normalized spacial score (nSPS) is 11.8. The molecule has 0 aliphatic rings. The Kier molecular flexibility index (Phi) is 7.15. The number of alkyl halides is 3. The van der Waals surface area contributed by atoms with Crippen molar-refractivity contribution in [1.82, 2.24) is 4.98 Å². The van der Waals surface area contributed by atoms with Gasteiger partial charge < -0.3 is 9.47 Å². The van der Waals surface area contributed by atoms with Crippen molar-refractivity contribution in [3.63, 3.8) is 0 Å². The van der Waals surface area contributed by atoms with E-state index in [0.717, 1.165) is 0 Å². The summed E-state index contributed by atoms with van der Waals surface area (Å²) in [6.07, 6.45) is -3.60. The van der Waals surface area contributed by atoms with Crippen LogP contribution >= 0.6 is 11.6 Å². The maximum atomic E-state index is 12.9. The third-order valence-corrected chi connectivity index (χ3v) is 6.15. The molecule has 0 aliphatic carbocycles. The Bertz CT molecular complexity index is 1150. The second-order valence-electron chi connectivity index (χ2n) is 6.61. The molecule has 3 rings (SSSR count). The molecule has 0 fully saturated rings. The standard InChI is InChI=1S/C21H18ClF3N2O4S/c1-30-18-4-2-3-5-19(18)31-17-9-7-16(8-10-17)27(32(28,29)14-21(23,24)25)13-15-6-11-20(22)26-12-15/h2-12H,13-14H2,1H3. The molecule has 1 heterocycles. The van der Waals surface area contributed by atoms with Crippen LogP contribution in [0.3, 0.4) is 0 Å². The van der Waals surface area contributed by atoms with Crippen molar-refractivity contribution in [1.29, 1.82) is 0 Å². The van der Waals surface area contributed by atoms with Crippen LogP contribution in [-0.2, 0) is 16.6 Å². The van der Waals surface area contributed by atoms with E-state index in [-0.39, 0.29) is 17.4 Å². The number of hydrogen-bond acceptors (Lipinski definition) is 5. The monoisotopic (exact) mass is 486 g/mol. The fourth-order valence-electron chi connectivity index (χ4n) is 2.81. The molecule has 32 heavy (non-hydrogen) atoms. The van der Waals surface area contributed by atoms with E-state index in [1.807, 2.05) is 0 Å². The molecule has 0 spiro atoms. The van der Waals surface area contributed by atoms with Gasteiger partial charge in [0.2, 0.25) is 10.0 Å². The largest absolute Gasteiger partial charge is 0.493 e. The van der Waals surface area contributed by atoms with Crippen molar-refractivity contribution >= 4 is 27.3 Å². The second kappa shape index (κ2) is 9.66.